The first-order chi connectivity index (χ1) is 11.4. The molecule has 1 heterocycles. The van der Waals surface area contributed by atoms with Crippen LogP contribution >= 0.6 is 11.6 Å². The highest BCUT2D eigenvalue weighted by atomic mass is 35.5. The summed E-state index contributed by atoms with van der Waals surface area (Å²) in [4.78, 5) is 25.1. The fraction of sp³-hybridized carbons (Fsp3) is 0.333. The summed E-state index contributed by atoms with van der Waals surface area (Å²) >= 11 is 6.17. The van der Waals surface area contributed by atoms with Gasteiger partial charge < -0.3 is 14.7 Å². The molecule has 126 valence electrons. The van der Waals surface area contributed by atoms with E-state index in [0.717, 1.165) is 10.8 Å². The Balaban J connectivity index is 1.70. The van der Waals surface area contributed by atoms with Gasteiger partial charge in [-0.1, -0.05) is 35.9 Å². The van der Waals surface area contributed by atoms with Gasteiger partial charge in [-0.15, -0.1) is 0 Å². The van der Waals surface area contributed by atoms with Crippen LogP contribution in [0.1, 0.15) is 13.3 Å². The summed E-state index contributed by atoms with van der Waals surface area (Å²) in [6.45, 7) is 2.19. The molecule has 0 bridgehead atoms. The van der Waals surface area contributed by atoms with E-state index in [2.05, 4.69) is 0 Å². The van der Waals surface area contributed by atoms with Crippen LogP contribution in [0.2, 0.25) is 5.02 Å². The second kappa shape index (κ2) is 6.32. The average Bonchev–Trinajstić information content (AvgIpc) is 2.98. The van der Waals surface area contributed by atoms with Crippen LogP contribution in [0.5, 0.6) is 5.75 Å². The fourth-order valence-corrected chi connectivity index (χ4v) is 3.17. The molecule has 0 spiro atoms. The summed E-state index contributed by atoms with van der Waals surface area (Å²) in [7, 11) is 0. The third-order valence-electron chi connectivity index (χ3n) is 4.52. The van der Waals surface area contributed by atoms with Crippen LogP contribution in [-0.2, 0) is 9.59 Å². The SMILES string of the molecule is CC1(C(=O)O)CCN(C(=O)COc2ccc(Cl)c3ccccc23)C1. The predicted octanol–water partition coefficient (Wildman–Crippen LogP) is 3.20. The van der Waals surface area contributed by atoms with Gasteiger partial charge in [0, 0.05) is 28.9 Å². The van der Waals surface area contributed by atoms with Crippen molar-refractivity contribution in [2.24, 2.45) is 5.41 Å². The summed E-state index contributed by atoms with van der Waals surface area (Å²) in [5.74, 6) is -0.495. The van der Waals surface area contributed by atoms with Gasteiger partial charge in [-0.25, -0.2) is 0 Å². The molecule has 0 aliphatic carbocycles. The largest absolute Gasteiger partial charge is 0.483 e. The molecule has 5 nitrogen and oxygen atoms in total. The lowest BCUT2D eigenvalue weighted by Crippen LogP contribution is -2.37. The maximum absolute atomic E-state index is 12.3. The van der Waals surface area contributed by atoms with E-state index in [9.17, 15) is 14.7 Å². The maximum atomic E-state index is 12.3. The fourth-order valence-electron chi connectivity index (χ4n) is 2.94. The van der Waals surface area contributed by atoms with Gasteiger partial charge in [-0.05, 0) is 25.5 Å². The number of benzene rings is 2. The average molecular weight is 348 g/mol. The minimum Gasteiger partial charge on any atom is -0.483 e. The first kappa shape index (κ1) is 16.6. The normalized spacial score (nSPS) is 20.3. The standard InChI is InChI=1S/C18H18ClNO4/c1-18(17(22)23)8-9-20(11-18)16(21)10-24-15-7-6-14(19)12-4-2-3-5-13(12)15/h2-7H,8-11H2,1H3,(H,22,23). The second-order valence-electron chi connectivity index (χ2n) is 6.31. The lowest BCUT2D eigenvalue weighted by Gasteiger charge is -2.20. The molecule has 24 heavy (non-hydrogen) atoms. The van der Waals surface area contributed by atoms with Gasteiger partial charge in [0.1, 0.15) is 5.75 Å². The van der Waals surface area contributed by atoms with Crippen molar-refractivity contribution in [3.8, 4) is 5.75 Å². The smallest absolute Gasteiger partial charge is 0.311 e. The summed E-state index contributed by atoms with van der Waals surface area (Å²) in [5, 5.41) is 11.6. The Bertz CT molecular complexity index is 807. The summed E-state index contributed by atoms with van der Waals surface area (Å²) in [6.07, 6.45) is 0.456. The number of rotatable bonds is 4. The van der Waals surface area contributed by atoms with Crippen molar-refractivity contribution in [2.45, 2.75) is 13.3 Å². The van der Waals surface area contributed by atoms with Crippen molar-refractivity contribution in [1.29, 1.82) is 0 Å². The zero-order chi connectivity index (χ0) is 17.3. The van der Waals surface area contributed by atoms with Crippen LogP contribution in [0, 0.1) is 5.41 Å². The highest BCUT2D eigenvalue weighted by molar-refractivity contribution is 6.35. The Kier molecular flexibility index (Phi) is 4.37. The van der Waals surface area contributed by atoms with Gasteiger partial charge in [0.2, 0.25) is 0 Å². The number of carboxylic acid groups (broad SMARTS) is 1. The highest BCUT2D eigenvalue weighted by Crippen LogP contribution is 2.32. The zero-order valence-corrected chi connectivity index (χ0v) is 14.0. The van der Waals surface area contributed by atoms with E-state index in [4.69, 9.17) is 16.3 Å². The molecule has 1 atom stereocenters. The van der Waals surface area contributed by atoms with E-state index in [-0.39, 0.29) is 19.1 Å². The number of carboxylic acids is 1. The van der Waals surface area contributed by atoms with E-state index in [1.807, 2.05) is 24.3 Å². The molecule has 1 N–H and O–H groups in total. The lowest BCUT2D eigenvalue weighted by atomic mass is 9.90. The van der Waals surface area contributed by atoms with E-state index >= 15 is 0 Å². The maximum Gasteiger partial charge on any atom is 0.311 e. The van der Waals surface area contributed by atoms with Crippen molar-refractivity contribution in [3.05, 3.63) is 41.4 Å². The number of fused-ring (bicyclic) bond motifs is 1. The molecule has 0 radical (unpaired) electrons. The Morgan fingerprint density at radius 1 is 1.25 bits per heavy atom. The number of likely N-dealkylation sites (tertiary alicyclic amines) is 1. The van der Waals surface area contributed by atoms with Crippen LogP contribution in [0.15, 0.2) is 36.4 Å². The molecule has 1 aliphatic rings. The highest BCUT2D eigenvalue weighted by Gasteiger charge is 2.42. The van der Waals surface area contributed by atoms with E-state index in [1.165, 1.54) is 0 Å². The number of carbonyl (C=O) groups is 2. The molecule has 1 unspecified atom stereocenters. The number of aliphatic carboxylic acids is 1. The van der Waals surface area contributed by atoms with Crippen molar-refractivity contribution in [3.63, 3.8) is 0 Å². The molecule has 2 aromatic carbocycles. The summed E-state index contributed by atoms with van der Waals surface area (Å²) in [5.41, 5.74) is -0.872. The number of hydrogen-bond acceptors (Lipinski definition) is 3. The topological polar surface area (TPSA) is 66.8 Å². The third kappa shape index (κ3) is 3.04. The number of amides is 1. The number of ether oxygens (including phenoxy) is 1. The van der Waals surface area contributed by atoms with E-state index < -0.39 is 11.4 Å². The molecule has 3 rings (SSSR count). The van der Waals surface area contributed by atoms with E-state index in [0.29, 0.717) is 23.7 Å². The number of nitrogens with zero attached hydrogens (tertiary/aromatic N) is 1. The molecule has 1 saturated heterocycles. The number of halogens is 1. The zero-order valence-electron chi connectivity index (χ0n) is 13.3. The Morgan fingerprint density at radius 2 is 1.96 bits per heavy atom. The van der Waals surface area contributed by atoms with Crippen LogP contribution in [0.3, 0.4) is 0 Å². The molecule has 1 fully saturated rings. The Labute approximate surface area is 144 Å². The second-order valence-corrected chi connectivity index (χ2v) is 6.72. The lowest BCUT2D eigenvalue weighted by molar-refractivity contribution is -0.147. The first-order valence-corrected chi connectivity index (χ1v) is 8.10. The molecule has 0 saturated carbocycles. The van der Waals surface area contributed by atoms with Crippen LogP contribution in [0.25, 0.3) is 10.8 Å². The molecule has 0 aromatic heterocycles. The van der Waals surface area contributed by atoms with Crippen LogP contribution in [-0.4, -0.2) is 41.6 Å². The third-order valence-corrected chi connectivity index (χ3v) is 4.85. The Morgan fingerprint density at radius 3 is 2.62 bits per heavy atom. The van der Waals surface area contributed by atoms with Gasteiger partial charge in [-0.3, -0.25) is 9.59 Å². The van der Waals surface area contributed by atoms with Gasteiger partial charge in [-0.2, -0.15) is 0 Å². The van der Waals surface area contributed by atoms with Crippen LogP contribution in [0.4, 0.5) is 0 Å². The molecule has 2 aromatic rings. The van der Waals surface area contributed by atoms with Crippen molar-refractivity contribution in [1.82, 2.24) is 4.90 Å². The molecule has 6 heteroatoms. The first-order valence-electron chi connectivity index (χ1n) is 7.72. The molecule has 1 aliphatic heterocycles. The minimum absolute atomic E-state index is 0.124. The van der Waals surface area contributed by atoms with E-state index in [1.54, 1.807) is 24.0 Å². The molecular formula is C18H18ClNO4. The number of carbonyl (C=O) groups excluding carboxylic acids is 1. The summed E-state index contributed by atoms with van der Waals surface area (Å²) < 4.78 is 5.68. The molecule has 1 amide bonds. The van der Waals surface area contributed by atoms with Crippen molar-refractivity contribution in [2.75, 3.05) is 19.7 Å². The van der Waals surface area contributed by atoms with Crippen molar-refractivity contribution >= 4 is 34.2 Å². The molecular weight excluding hydrogens is 330 g/mol. The summed E-state index contributed by atoms with van der Waals surface area (Å²) in [6, 6.07) is 11.0. The monoisotopic (exact) mass is 347 g/mol. The quantitative estimate of drug-likeness (QED) is 0.922. The van der Waals surface area contributed by atoms with Crippen LogP contribution < -0.4 is 4.74 Å². The van der Waals surface area contributed by atoms with Gasteiger partial charge in [0.25, 0.3) is 5.91 Å². The number of hydrogen-bond donors (Lipinski definition) is 1. The predicted molar refractivity (Wildman–Crippen MR) is 91.4 cm³/mol. The van der Waals surface area contributed by atoms with Gasteiger partial charge >= 0.3 is 5.97 Å². The Hall–Kier alpha value is -2.27. The van der Waals surface area contributed by atoms with Crippen molar-refractivity contribution < 1.29 is 19.4 Å². The van der Waals surface area contributed by atoms with Gasteiger partial charge in [0.15, 0.2) is 6.61 Å². The minimum atomic E-state index is -0.873. The van der Waals surface area contributed by atoms with Gasteiger partial charge in [0.05, 0.1) is 5.41 Å².